The van der Waals surface area contributed by atoms with Crippen LogP contribution in [0.5, 0.6) is 0 Å². The largest absolute Gasteiger partial charge is 0.383 e. The molecule has 0 aliphatic carbocycles. The van der Waals surface area contributed by atoms with Crippen molar-refractivity contribution in [2.75, 3.05) is 46.4 Å². The van der Waals surface area contributed by atoms with Crippen molar-refractivity contribution in [2.45, 2.75) is 6.42 Å². The number of aromatic nitrogens is 2. The Hall–Kier alpha value is -1.05. The first-order valence-electron chi connectivity index (χ1n) is 6.50. The summed E-state index contributed by atoms with van der Waals surface area (Å²) < 4.78 is 8.85. The second-order valence-electron chi connectivity index (χ2n) is 5.47. The van der Waals surface area contributed by atoms with E-state index in [1.54, 1.807) is 12.5 Å². The normalized spacial score (nSPS) is 21.8. The van der Waals surface area contributed by atoms with Gasteiger partial charge in [-0.3, -0.25) is 4.79 Å². The number of rotatable bonds is 4. The highest BCUT2D eigenvalue weighted by Gasteiger charge is 2.49. The Morgan fingerprint density at radius 1 is 1.53 bits per heavy atom. The summed E-state index contributed by atoms with van der Waals surface area (Å²) in [5.41, 5.74) is 0.793. The second kappa shape index (κ2) is 5.15. The minimum atomic E-state index is 0.0229. The Balaban J connectivity index is 1.51. The van der Waals surface area contributed by atoms with Gasteiger partial charge in [-0.05, 0) is 24.5 Å². The van der Waals surface area contributed by atoms with E-state index >= 15 is 0 Å². The third kappa shape index (κ3) is 2.50. The summed E-state index contributed by atoms with van der Waals surface area (Å²) in [4.78, 5) is 16.4. The molecule has 1 amide bonds. The molecule has 1 aromatic rings. The average Bonchev–Trinajstić information content (AvgIpc) is 3.03. The lowest BCUT2D eigenvalue weighted by molar-refractivity contribution is 0.00924. The van der Waals surface area contributed by atoms with E-state index in [9.17, 15) is 4.79 Å². The number of ether oxygens (including phenoxy) is 1. The predicted molar refractivity (Wildman–Crippen MR) is 71.2 cm³/mol. The highest BCUT2D eigenvalue weighted by molar-refractivity contribution is 7.03. The van der Waals surface area contributed by atoms with Gasteiger partial charge in [0.25, 0.3) is 5.91 Å². The van der Waals surface area contributed by atoms with Crippen LogP contribution < -0.4 is 0 Å². The molecule has 0 bridgehead atoms. The molecular formula is C12H18N4O2S. The molecular weight excluding hydrogens is 264 g/mol. The average molecular weight is 282 g/mol. The molecule has 0 N–H and O–H groups in total. The van der Waals surface area contributed by atoms with Gasteiger partial charge < -0.3 is 14.5 Å². The highest BCUT2D eigenvalue weighted by Crippen LogP contribution is 2.39. The van der Waals surface area contributed by atoms with Crippen LogP contribution in [0.4, 0.5) is 0 Å². The molecule has 19 heavy (non-hydrogen) atoms. The molecule has 0 atom stereocenters. The van der Waals surface area contributed by atoms with Crippen LogP contribution in [0, 0.1) is 5.41 Å². The van der Waals surface area contributed by atoms with Gasteiger partial charge in [0.1, 0.15) is 0 Å². The van der Waals surface area contributed by atoms with E-state index in [0.717, 1.165) is 39.3 Å². The first-order chi connectivity index (χ1) is 9.22. The van der Waals surface area contributed by atoms with Crippen LogP contribution in [0.3, 0.4) is 0 Å². The molecule has 1 spiro atoms. The number of carbonyl (C=O) groups excluding carboxylic acids is 1. The number of amides is 1. The molecule has 1 aromatic heterocycles. The summed E-state index contributed by atoms with van der Waals surface area (Å²) in [6.45, 7) is 5.67. The van der Waals surface area contributed by atoms with Crippen LogP contribution in [-0.4, -0.2) is 71.7 Å². The van der Waals surface area contributed by atoms with Crippen LogP contribution in [0.25, 0.3) is 0 Å². The van der Waals surface area contributed by atoms with Gasteiger partial charge in [0.05, 0.1) is 6.61 Å². The maximum absolute atomic E-state index is 12.1. The third-order valence-corrected chi connectivity index (χ3v) is 4.55. The van der Waals surface area contributed by atoms with Crippen LogP contribution in [0.15, 0.2) is 5.38 Å². The molecule has 0 aromatic carbocycles. The number of hydrogen-bond acceptors (Lipinski definition) is 6. The van der Waals surface area contributed by atoms with Crippen LogP contribution in [0.1, 0.15) is 16.9 Å². The lowest BCUT2D eigenvalue weighted by Gasteiger charge is -2.47. The Morgan fingerprint density at radius 2 is 2.37 bits per heavy atom. The van der Waals surface area contributed by atoms with Crippen molar-refractivity contribution in [3.8, 4) is 0 Å². The number of nitrogens with zero attached hydrogens (tertiary/aromatic N) is 4. The molecule has 7 heteroatoms. The van der Waals surface area contributed by atoms with E-state index in [4.69, 9.17) is 4.74 Å². The zero-order valence-corrected chi connectivity index (χ0v) is 11.9. The minimum absolute atomic E-state index is 0.0229. The second-order valence-corrected chi connectivity index (χ2v) is 6.08. The van der Waals surface area contributed by atoms with Crippen LogP contribution in [0.2, 0.25) is 0 Å². The van der Waals surface area contributed by atoms with Crippen molar-refractivity contribution in [3.63, 3.8) is 0 Å². The molecule has 3 heterocycles. The van der Waals surface area contributed by atoms with Gasteiger partial charge in [0.15, 0.2) is 5.69 Å². The zero-order valence-electron chi connectivity index (χ0n) is 11.0. The number of hydrogen-bond donors (Lipinski definition) is 0. The van der Waals surface area contributed by atoms with Gasteiger partial charge in [-0.2, -0.15) is 0 Å². The molecule has 0 saturated carbocycles. The molecule has 2 fully saturated rings. The summed E-state index contributed by atoms with van der Waals surface area (Å²) in [6, 6.07) is 0. The Bertz CT molecular complexity index is 445. The van der Waals surface area contributed by atoms with Gasteiger partial charge in [-0.15, -0.1) is 5.10 Å². The van der Waals surface area contributed by atoms with E-state index < -0.39 is 0 Å². The standard InChI is InChI=1S/C12H18N4O2S/c1-18-5-4-15-3-2-12(7-15)8-16(9-12)11(17)10-6-19-14-13-10/h6H,2-5,7-9H2,1H3. The Morgan fingerprint density at radius 3 is 3.05 bits per heavy atom. The number of carbonyl (C=O) groups is 1. The quantitative estimate of drug-likeness (QED) is 0.796. The van der Waals surface area contributed by atoms with E-state index in [2.05, 4.69) is 14.5 Å². The first-order valence-corrected chi connectivity index (χ1v) is 7.34. The number of likely N-dealkylation sites (tertiary alicyclic amines) is 2. The summed E-state index contributed by atoms with van der Waals surface area (Å²) in [5.74, 6) is 0.0229. The van der Waals surface area contributed by atoms with Gasteiger partial charge in [-0.1, -0.05) is 4.49 Å². The molecule has 0 radical (unpaired) electrons. The monoisotopic (exact) mass is 282 g/mol. The smallest absolute Gasteiger partial charge is 0.275 e. The van der Waals surface area contributed by atoms with Gasteiger partial charge in [0.2, 0.25) is 0 Å². The van der Waals surface area contributed by atoms with Gasteiger partial charge >= 0.3 is 0 Å². The molecule has 2 aliphatic rings. The van der Waals surface area contributed by atoms with Crippen molar-refractivity contribution in [2.24, 2.45) is 5.41 Å². The Labute approximate surface area is 116 Å². The van der Waals surface area contributed by atoms with Gasteiger partial charge in [0, 0.05) is 44.1 Å². The van der Waals surface area contributed by atoms with Crippen molar-refractivity contribution in [3.05, 3.63) is 11.1 Å². The first kappa shape index (κ1) is 13.0. The summed E-state index contributed by atoms with van der Waals surface area (Å²) >= 11 is 1.22. The summed E-state index contributed by atoms with van der Waals surface area (Å²) in [7, 11) is 1.73. The molecule has 0 unspecified atom stereocenters. The Kier molecular flexibility index (Phi) is 3.51. The minimum Gasteiger partial charge on any atom is -0.383 e. The fourth-order valence-corrected chi connectivity index (χ4v) is 3.45. The lowest BCUT2D eigenvalue weighted by atomic mass is 9.79. The van der Waals surface area contributed by atoms with Gasteiger partial charge in [-0.25, -0.2) is 0 Å². The highest BCUT2D eigenvalue weighted by atomic mass is 32.1. The predicted octanol–water partition coefficient (Wildman–Crippen LogP) is 0.332. The van der Waals surface area contributed by atoms with E-state index in [0.29, 0.717) is 11.1 Å². The van der Waals surface area contributed by atoms with Crippen molar-refractivity contribution < 1.29 is 9.53 Å². The third-order valence-electron chi connectivity index (χ3n) is 4.05. The molecule has 2 saturated heterocycles. The summed E-state index contributed by atoms with van der Waals surface area (Å²) in [5, 5.41) is 5.56. The molecule has 3 rings (SSSR count). The lowest BCUT2D eigenvalue weighted by Crippen LogP contribution is -2.59. The van der Waals surface area contributed by atoms with Crippen molar-refractivity contribution in [1.29, 1.82) is 0 Å². The van der Waals surface area contributed by atoms with E-state index in [1.807, 2.05) is 4.90 Å². The molecule has 104 valence electrons. The molecule has 2 aliphatic heterocycles. The zero-order chi connectivity index (χ0) is 13.3. The maximum Gasteiger partial charge on any atom is 0.275 e. The van der Waals surface area contributed by atoms with E-state index in [1.165, 1.54) is 18.0 Å². The molecule has 6 nitrogen and oxygen atoms in total. The summed E-state index contributed by atoms with van der Waals surface area (Å²) in [6.07, 6.45) is 1.18. The fourth-order valence-electron chi connectivity index (χ4n) is 3.02. The van der Waals surface area contributed by atoms with Crippen molar-refractivity contribution in [1.82, 2.24) is 19.4 Å². The number of methoxy groups -OCH3 is 1. The van der Waals surface area contributed by atoms with Crippen LogP contribution >= 0.6 is 11.5 Å². The van der Waals surface area contributed by atoms with E-state index in [-0.39, 0.29) is 5.91 Å². The topological polar surface area (TPSA) is 58.6 Å². The van der Waals surface area contributed by atoms with Crippen LogP contribution in [-0.2, 0) is 4.74 Å². The fraction of sp³-hybridized carbons (Fsp3) is 0.750. The maximum atomic E-state index is 12.1. The SMILES string of the molecule is COCCN1CCC2(C1)CN(C(=O)c1csnn1)C2. The van der Waals surface area contributed by atoms with Crippen molar-refractivity contribution >= 4 is 17.4 Å².